The van der Waals surface area contributed by atoms with E-state index >= 15 is 0 Å². The molecule has 1 aromatic rings. The Morgan fingerprint density at radius 1 is 0.846 bits per heavy atom. The van der Waals surface area contributed by atoms with E-state index in [2.05, 4.69) is 19.7 Å². The maximum absolute atomic E-state index is 9.25. The molecule has 0 unspecified atom stereocenters. The molecule has 144 valence electrons. The summed E-state index contributed by atoms with van der Waals surface area (Å²) in [6, 6.07) is 4.71. The number of hydrogen-bond acceptors (Lipinski definition) is 6. The summed E-state index contributed by atoms with van der Waals surface area (Å²) in [5.41, 5.74) is 6.24. The maximum Gasteiger partial charge on any atom is 0.327 e. The summed E-state index contributed by atoms with van der Waals surface area (Å²) in [5.74, 6) is -3.12. The third-order valence-corrected chi connectivity index (χ3v) is 2.00. The summed E-state index contributed by atoms with van der Waals surface area (Å²) < 4.78 is 0. The van der Waals surface area contributed by atoms with Crippen LogP contribution in [0.2, 0.25) is 0 Å². The zero-order chi connectivity index (χ0) is 21.1. The van der Waals surface area contributed by atoms with Crippen molar-refractivity contribution in [2.24, 2.45) is 5.73 Å². The molecule has 0 saturated carbocycles. The Bertz CT molecular complexity index is 568. The lowest BCUT2D eigenvalue weighted by atomic mass is 10.1. The number of aliphatic carboxylic acids is 3. The van der Waals surface area contributed by atoms with Crippen molar-refractivity contribution in [3.05, 3.63) is 61.7 Å². The lowest BCUT2D eigenvalue weighted by molar-refractivity contribution is -0.132. The molecule has 0 fully saturated rings. The van der Waals surface area contributed by atoms with E-state index in [4.69, 9.17) is 31.3 Å². The minimum absolute atomic E-state index is 0.0871. The number of carboxylic acids is 3. The molecule has 0 heterocycles. The van der Waals surface area contributed by atoms with Crippen molar-refractivity contribution in [2.75, 3.05) is 6.54 Å². The van der Waals surface area contributed by atoms with Crippen LogP contribution in [0, 0.1) is 0 Å². The van der Waals surface area contributed by atoms with Crippen LogP contribution in [0.3, 0.4) is 0 Å². The molecule has 0 saturated heterocycles. The molecule has 0 aliphatic heterocycles. The molecule has 9 heteroatoms. The number of phenolic OH excluding ortho intramolecular Hbond substituents is 2. The second-order valence-electron chi connectivity index (χ2n) is 3.99. The maximum atomic E-state index is 9.25. The van der Waals surface area contributed by atoms with Gasteiger partial charge in [-0.15, -0.1) is 0 Å². The first kappa shape index (κ1) is 27.3. The molecule has 1 rings (SSSR count). The number of carboxylic acid groups (broad SMARTS) is 3. The van der Waals surface area contributed by atoms with Crippen molar-refractivity contribution in [3.63, 3.8) is 0 Å². The standard InChI is InChI=1S/C8H11NO2.3C3H4O2/c9-4-3-6-1-2-7(10)8(11)5-6;3*1-2-3(4)5/h1-2,5,10-11H,3-4,9H2;3*2H,1H2,(H,4,5). The topological polar surface area (TPSA) is 178 Å². The van der Waals surface area contributed by atoms with Crippen molar-refractivity contribution < 1.29 is 39.9 Å². The van der Waals surface area contributed by atoms with Crippen molar-refractivity contribution >= 4 is 17.9 Å². The smallest absolute Gasteiger partial charge is 0.327 e. The number of nitrogens with two attached hydrogens (primary N) is 1. The van der Waals surface area contributed by atoms with E-state index in [1.807, 2.05) is 0 Å². The van der Waals surface area contributed by atoms with Crippen LogP contribution in [0.4, 0.5) is 0 Å². The van der Waals surface area contributed by atoms with Crippen LogP contribution in [-0.2, 0) is 20.8 Å². The zero-order valence-electron chi connectivity index (χ0n) is 14.0. The van der Waals surface area contributed by atoms with Gasteiger partial charge in [0.05, 0.1) is 0 Å². The number of benzene rings is 1. The Hall–Kier alpha value is -3.59. The molecule has 1 aromatic carbocycles. The average Bonchev–Trinajstić information content (AvgIpc) is 2.60. The highest BCUT2D eigenvalue weighted by Gasteiger charge is 1.98. The normalized spacial score (nSPS) is 7.88. The van der Waals surface area contributed by atoms with E-state index in [1.165, 1.54) is 12.1 Å². The van der Waals surface area contributed by atoms with Gasteiger partial charge in [0, 0.05) is 18.2 Å². The fourth-order valence-corrected chi connectivity index (χ4v) is 0.891. The lowest BCUT2D eigenvalue weighted by Gasteiger charge is -2.00. The van der Waals surface area contributed by atoms with Crippen LogP contribution >= 0.6 is 0 Å². The molecule has 0 amide bonds. The first-order chi connectivity index (χ1) is 12.0. The van der Waals surface area contributed by atoms with E-state index in [1.54, 1.807) is 6.07 Å². The summed E-state index contributed by atoms with van der Waals surface area (Å²) in [6.07, 6.45) is 3.22. The van der Waals surface area contributed by atoms with Gasteiger partial charge in [0.1, 0.15) is 0 Å². The SMILES string of the molecule is C=CC(=O)O.C=CC(=O)O.C=CC(=O)O.NCCc1ccc(O)c(O)c1. The van der Waals surface area contributed by atoms with Crippen LogP contribution in [0.25, 0.3) is 0 Å². The minimum atomic E-state index is -0.981. The van der Waals surface area contributed by atoms with E-state index in [-0.39, 0.29) is 11.5 Å². The van der Waals surface area contributed by atoms with Crippen molar-refractivity contribution in [1.29, 1.82) is 0 Å². The summed E-state index contributed by atoms with van der Waals surface area (Å²) in [5, 5.41) is 40.8. The second-order valence-corrected chi connectivity index (χ2v) is 3.99. The molecule has 0 aromatic heterocycles. The van der Waals surface area contributed by atoms with E-state index < -0.39 is 17.9 Å². The second kappa shape index (κ2) is 17.8. The first-order valence-electron chi connectivity index (χ1n) is 6.82. The van der Waals surface area contributed by atoms with Gasteiger partial charge in [0.2, 0.25) is 0 Å². The summed E-state index contributed by atoms with van der Waals surface area (Å²) in [6.45, 7) is 9.43. The van der Waals surface area contributed by atoms with Gasteiger partial charge in [-0.3, -0.25) is 0 Å². The van der Waals surface area contributed by atoms with Crippen molar-refractivity contribution in [1.82, 2.24) is 0 Å². The molecule has 7 N–H and O–H groups in total. The number of rotatable bonds is 5. The third kappa shape index (κ3) is 22.7. The average molecular weight is 369 g/mol. The number of hydrogen-bond donors (Lipinski definition) is 6. The molecular formula is C17H23NO8. The fourth-order valence-electron chi connectivity index (χ4n) is 0.891. The van der Waals surface area contributed by atoms with Gasteiger partial charge in [-0.25, -0.2) is 14.4 Å². The largest absolute Gasteiger partial charge is 0.504 e. The molecule has 0 bridgehead atoms. The quantitative estimate of drug-likeness (QED) is 0.330. The molecule has 0 aliphatic carbocycles. The van der Waals surface area contributed by atoms with Crippen LogP contribution in [-0.4, -0.2) is 50.0 Å². The Kier molecular flexibility index (Phi) is 18.6. The van der Waals surface area contributed by atoms with Crippen LogP contribution in [0.5, 0.6) is 11.5 Å². The predicted octanol–water partition coefficient (Wildman–Crippen LogP) is 1.37. The van der Waals surface area contributed by atoms with Gasteiger partial charge >= 0.3 is 17.9 Å². The van der Waals surface area contributed by atoms with Crippen LogP contribution in [0.1, 0.15) is 5.56 Å². The fraction of sp³-hybridized carbons (Fsp3) is 0.118. The van der Waals surface area contributed by atoms with E-state index in [0.29, 0.717) is 13.0 Å². The summed E-state index contributed by atoms with van der Waals surface area (Å²) in [4.78, 5) is 27.8. The van der Waals surface area contributed by atoms with E-state index in [0.717, 1.165) is 23.8 Å². The number of aromatic hydroxyl groups is 2. The van der Waals surface area contributed by atoms with Gasteiger partial charge in [-0.05, 0) is 30.7 Å². The summed E-state index contributed by atoms with van der Waals surface area (Å²) >= 11 is 0. The minimum Gasteiger partial charge on any atom is -0.504 e. The van der Waals surface area contributed by atoms with Crippen LogP contribution < -0.4 is 5.73 Å². The molecule has 0 radical (unpaired) electrons. The Morgan fingerprint density at radius 3 is 1.42 bits per heavy atom. The third-order valence-electron chi connectivity index (χ3n) is 2.00. The zero-order valence-corrected chi connectivity index (χ0v) is 14.0. The van der Waals surface area contributed by atoms with Crippen LogP contribution in [0.15, 0.2) is 56.2 Å². The number of carbonyl (C=O) groups is 3. The van der Waals surface area contributed by atoms with Gasteiger partial charge in [-0.1, -0.05) is 25.8 Å². The molecule has 0 atom stereocenters. The highest BCUT2D eigenvalue weighted by Crippen LogP contribution is 2.24. The van der Waals surface area contributed by atoms with Gasteiger partial charge in [0.25, 0.3) is 0 Å². The Morgan fingerprint density at radius 2 is 1.19 bits per heavy atom. The molecule has 0 aliphatic rings. The molecule has 9 nitrogen and oxygen atoms in total. The highest BCUT2D eigenvalue weighted by atomic mass is 16.4. The molecular weight excluding hydrogens is 346 g/mol. The first-order valence-corrected chi connectivity index (χ1v) is 6.82. The van der Waals surface area contributed by atoms with Gasteiger partial charge in [-0.2, -0.15) is 0 Å². The molecule has 26 heavy (non-hydrogen) atoms. The van der Waals surface area contributed by atoms with Gasteiger partial charge in [0.15, 0.2) is 11.5 Å². The summed E-state index contributed by atoms with van der Waals surface area (Å²) in [7, 11) is 0. The van der Waals surface area contributed by atoms with E-state index in [9.17, 15) is 14.4 Å². The van der Waals surface area contributed by atoms with Gasteiger partial charge < -0.3 is 31.3 Å². The molecule has 0 spiro atoms. The monoisotopic (exact) mass is 369 g/mol. The Balaban J connectivity index is -0.000000300. The van der Waals surface area contributed by atoms with Crippen molar-refractivity contribution in [2.45, 2.75) is 6.42 Å². The van der Waals surface area contributed by atoms with Crippen molar-refractivity contribution in [3.8, 4) is 11.5 Å². The highest BCUT2D eigenvalue weighted by molar-refractivity contribution is 5.79. The lowest BCUT2D eigenvalue weighted by Crippen LogP contribution is -2.02. The predicted molar refractivity (Wildman–Crippen MR) is 96.0 cm³/mol. The number of phenols is 2. The Labute approximate surface area is 150 Å².